The zero-order valence-corrected chi connectivity index (χ0v) is 24.1. The zero-order chi connectivity index (χ0) is 27.2. The summed E-state index contributed by atoms with van der Waals surface area (Å²) in [5.74, 6) is 1.05. The molecule has 1 aromatic heterocycles. The Balaban J connectivity index is 0.00000370. The van der Waals surface area contributed by atoms with Gasteiger partial charge in [-0.15, -0.1) is 12.4 Å². The summed E-state index contributed by atoms with van der Waals surface area (Å²) in [6.07, 6.45) is 0.778. The van der Waals surface area contributed by atoms with Gasteiger partial charge in [-0.25, -0.2) is 4.98 Å². The summed E-state index contributed by atoms with van der Waals surface area (Å²) in [6.45, 7) is 4.59. The number of rotatable bonds is 10. The standard InChI is InChI=1S/C30H31N3O5S.ClH/c1-36-24-13-14-25(37-2)28-26(24)31-30(39-28)33(16-6-15-32-17-19-38-20-18-32)29(35)23-11-9-22(10-12-23)27(34)21-7-4-3-5-8-21;/h3-5,7-14H,6,15-20H2,1-2H3;1H. The first-order valence-electron chi connectivity index (χ1n) is 12.9. The second-order valence-electron chi connectivity index (χ2n) is 9.18. The Kier molecular flexibility index (Phi) is 10.1. The van der Waals surface area contributed by atoms with Gasteiger partial charge in [0.1, 0.15) is 21.7 Å². The molecule has 1 amide bonds. The van der Waals surface area contributed by atoms with E-state index in [4.69, 9.17) is 19.2 Å². The molecule has 0 atom stereocenters. The fraction of sp³-hybridized carbons (Fsp3) is 0.300. The van der Waals surface area contributed by atoms with Crippen LogP contribution >= 0.6 is 23.7 Å². The highest BCUT2D eigenvalue weighted by Gasteiger charge is 2.24. The van der Waals surface area contributed by atoms with E-state index in [-0.39, 0.29) is 24.1 Å². The molecule has 1 saturated heterocycles. The number of ketones is 1. The van der Waals surface area contributed by atoms with E-state index in [1.54, 1.807) is 55.5 Å². The van der Waals surface area contributed by atoms with E-state index >= 15 is 0 Å². The molecule has 0 radical (unpaired) electrons. The maximum Gasteiger partial charge on any atom is 0.260 e. The summed E-state index contributed by atoms with van der Waals surface area (Å²) in [6, 6.07) is 19.6. The molecule has 5 rings (SSSR count). The molecule has 2 heterocycles. The van der Waals surface area contributed by atoms with Crippen molar-refractivity contribution in [3.05, 3.63) is 83.4 Å². The number of aromatic nitrogens is 1. The Bertz CT molecular complexity index is 1400. The van der Waals surface area contributed by atoms with Gasteiger partial charge in [-0.05, 0) is 30.7 Å². The Labute approximate surface area is 243 Å². The van der Waals surface area contributed by atoms with Crippen LogP contribution in [0.25, 0.3) is 10.2 Å². The van der Waals surface area contributed by atoms with Crippen LogP contribution in [0.5, 0.6) is 11.5 Å². The number of anilines is 1. The van der Waals surface area contributed by atoms with E-state index < -0.39 is 0 Å². The predicted octanol–water partition coefficient (Wildman–Crippen LogP) is 5.34. The number of hydrogen-bond donors (Lipinski definition) is 0. The van der Waals surface area contributed by atoms with Gasteiger partial charge in [0.15, 0.2) is 10.9 Å². The fourth-order valence-corrected chi connectivity index (χ4v) is 5.73. The number of carbonyl (C=O) groups excluding carboxylic acids is 2. The lowest BCUT2D eigenvalue weighted by Crippen LogP contribution is -2.39. The smallest absolute Gasteiger partial charge is 0.260 e. The first-order chi connectivity index (χ1) is 19.1. The number of nitrogens with zero attached hydrogens (tertiary/aromatic N) is 3. The second kappa shape index (κ2) is 13.7. The van der Waals surface area contributed by atoms with Crippen LogP contribution in [0.2, 0.25) is 0 Å². The maximum absolute atomic E-state index is 13.9. The average molecular weight is 582 g/mol. The molecule has 0 saturated carbocycles. The van der Waals surface area contributed by atoms with E-state index in [9.17, 15) is 9.59 Å². The van der Waals surface area contributed by atoms with E-state index in [1.807, 2.05) is 30.3 Å². The SMILES string of the molecule is COc1ccc(OC)c2sc(N(CCCN3CCOCC3)C(=O)c3ccc(C(=O)c4ccccc4)cc3)nc12.Cl. The fourth-order valence-electron chi connectivity index (χ4n) is 4.63. The van der Waals surface area contributed by atoms with Crippen LogP contribution in [0.15, 0.2) is 66.7 Å². The van der Waals surface area contributed by atoms with Crippen molar-refractivity contribution in [1.29, 1.82) is 0 Å². The molecule has 4 aromatic rings. The van der Waals surface area contributed by atoms with E-state index in [2.05, 4.69) is 4.90 Å². The van der Waals surface area contributed by atoms with Crippen LogP contribution in [0.4, 0.5) is 5.13 Å². The molecule has 210 valence electrons. The molecular weight excluding hydrogens is 550 g/mol. The van der Waals surface area contributed by atoms with E-state index in [0.717, 1.165) is 44.0 Å². The normalized spacial score (nSPS) is 13.4. The van der Waals surface area contributed by atoms with Gasteiger partial charge in [0.25, 0.3) is 5.91 Å². The highest BCUT2D eigenvalue weighted by atomic mass is 35.5. The van der Waals surface area contributed by atoms with Gasteiger partial charge in [-0.3, -0.25) is 19.4 Å². The van der Waals surface area contributed by atoms with Crippen molar-refractivity contribution in [1.82, 2.24) is 9.88 Å². The van der Waals surface area contributed by atoms with Crippen LogP contribution in [0.1, 0.15) is 32.7 Å². The Hall–Kier alpha value is -3.50. The Morgan fingerprint density at radius 3 is 2.20 bits per heavy atom. The number of carbonyl (C=O) groups is 2. The molecule has 1 aliphatic heterocycles. The Morgan fingerprint density at radius 2 is 1.52 bits per heavy atom. The molecular formula is C30H32ClN3O5S. The summed E-state index contributed by atoms with van der Waals surface area (Å²) in [7, 11) is 3.22. The van der Waals surface area contributed by atoms with Gasteiger partial charge >= 0.3 is 0 Å². The summed E-state index contributed by atoms with van der Waals surface area (Å²) in [4.78, 5) is 35.6. The molecule has 1 fully saturated rings. The number of benzene rings is 3. The van der Waals surface area contributed by atoms with Crippen LogP contribution < -0.4 is 14.4 Å². The lowest BCUT2D eigenvalue weighted by molar-refractivity contribution is 0.0376. The van der Waals surface area contributed by atoms with Crippen LogP contribution in [0, 0.1) is 0 Å². The van der Waals surface area contributed by atoms with Crippen molar-refractivity contribution < 1.29 is 23.8 Å². The van der Waals surface area contributed by atoms with Crippen molar-refractivity contribution in [2.75, 3.05) is 58.5 Å². The first-order valence-corrected chi connectivity index (χ1v) is 13.7. The molecule has 0 bridgehead atoms. The van der Waals surface area contributed by atoms with Gasteiger partial charge in [0.05, 0.1) is 27.4 Å². The number of halogens is 1. The molecule has 0 unspecified atom stereocenters. The largest absolute Gasteiger partial charge is 0.495 e. The maximum atomic E-state index is 13.9. The second-order valence-corrected chi connectivity index (χ2v) is 10.2. The molecule has 3 aromatic carbocycles. The van der Waals surface area contributed by atoms with E-state index in [1.165, 1.54) is 11.3 Å². The Morgan fingerprint density at radius 1 is 0.900 bits per heavy atom. The van der Waals surface area contributed by atoms with Crippen LogP contribution in [0.3, 0.4) is 0 Å². The summed E-state index contributed by atoms with van der Waals surface area (Å²) in [5.41, 5.74) is 2.29. The van der Waals surface area contributed by atoms with Gasteiger partial charge in [-0.2, -0.15) is 0 Å². The topological polar surface area (TPSA) is 81.2 Å². The monoisotopic (exact) mass is 581 g/mol. The minimum Gasteiger partial charge on any atom is -0.495 e. The molecule has 10 heteroatoms. The van der Waals surface area contributed by atoms with Gasteiger partial charge in [0.2, 0.25) is 0 Å². The van der Waals surface area contributed by atoms with Gasteiger partial charge < -0.3 is 14.2 Å². The van der Waals surface area contributed by atoms with Crippen molar-refractivity contribution >= 4 is 50.8 Å². The minimum absolute atomic E-state index is 0. The predicted molar refractivity (Wildman–Crippen MR) is 160 cm³/mol. The summed E-state index contributed by atoms with van der Waals surface area (Å²) < 4.78 is 17.4. The van der Waals surface area contributed by atoms with Gasteiger partial charge in [0, 0.05) is 42.9 Å². The third-order valence-electron chi connectivity index (χ3n) is 6.76. The third-order valence-corrected chi connectivity index (χ3v) is 7.86. The van der Waals surface area contributed by atoms with Crippen molar-refractivity contribution in [3.8, 4) is 11.5 Å². The van der Waals surface area contributed by atoms with Crippen LogP contribution in [-0.2, 0) is 4.74 Å². The number of amides is 1. The summed E-state index contributed by atoms with van der Waals surface area (Å²) >= 11 is 1.40. The zero-order valence-electron chi connectivity index (χ0n) is 22.5. The molecule has 8 nitrogen and oxygen atoms in total. The first kappa shape index (κ1) is 29.5. The number of hydrogen-bond acceptors (Lipinski definition) is 8. The third kappa shape index (κ3) is 6.45. The molecule has 1 aliphatic rings. The minimum atomic E-state index is -0.173. The molecule has 0 spiro atoms. The van der Waals surface area contributed by atoms with Crippen LogP contribution in [-0.4, -0.2) is 75.2 Å². The number of morpholine rings is 1. The molecule has 0 aliphatic carbocycles. The van der Waals surface area contributed by atoms with Crippen molar-refractivity contribution in [3.63, 3.8) is 0 Å². The number of thiazole rings is 1. The number of ether oxygens (including phenoxy) is 3. The highest BCUT2D eigenvalue weighted by Crippen LogP contribution is 2.40. The number of fused-ring (bicyclic) bond motifs is 1. The highest BCUT2D eigenvalue weighted by molar-refractivity contribution is 7.22. The van der Waals surface area contributed by atoms with Crippen molar-refractivity contribution in [2.24, 2.45) is 0 Å². The summed E-state index contributed by atoms with van der Waals surface area (Å²) in [5, 5.41) is 0.573. The average Bonchev–Trinajstić information content (AvgIpc) is 3.44. The lowest BCUT2D eigenvalue weighted by Gasteiger charge is -2.27. The number of methoxy groups -OCH3 is 2. The molecule has 40 heavy (non-hydrogen) atoms. The lowest BCUT2D eigenvalue weighted by atomic mass is 10.0. The molecule has 0 N–H and O–H groups in total. The quantitative estimate of drug-likeness (QED) is 0.234. The van der Waals surface area contributed by atoms with Gasteiger partial charge in [-0.1, -0.05) is 53.8 Å². The van der Waals surface area contributed by atoms with E-state index in [0.29, 0.717) is 45.4 Å². The van der Waals surface area contributed by atoms with Crippen molar-refractivity contribution in [2.45, 2.75) is 6.42 Å².